The van der Waals surface area contributed by atoms with E-state index in [9.17, 15) is 9.90 Å². The summed E-state index contributed by atoms with van der Waals surface area (Å²) in [6.07, 6.45) is 0. The molecular formula is C16H18N2O3. The van der Waals surface area contributed by atoms with Crippen LogP contribution in [0.2, 0.25) is 0 Å². The second-order valence-corrected chi connectivity index (χ2v) is 4.48. The number of phenols is 1. The van der Waals surface area contributed by atoms with Gasteiger partial charge >= 0.3 is 0 Å². The van der Waals surface area contributed by atoms with Crippen LogP contribution in [0.3, 0.4) is 0 Å². The van der Waals surface area contributed by atoms with Gasteiger partial charge in [-0.3, -0.25) is 4.79 Å². The second kappa shape index (κ2) is 6.65. The number of aromatic hydroxyl groups is 1. The molecule has 2 aromatic carbocycles. The van der Waals surface area contributed by atoms with E-state index in [1.165, 1.54) is 6.07 Å². The van der Waals surface area contributed by atoms with Crippen LogP contribution >= 0.6 is 0 Å². The lowest BCUT2D eigenvalue weighted by Gasteiger charge is -2.21. The highest BCUT2D eigenvalue weighted by molar-refractivity contribution is 5.94. The van der Waals surface area contributed by atoms with Crippen LogP contribution in [0.1, 0.15) is 6.92 Å². The van der Waals surface area contributed by atoms with E-state index in [1.54, 1.807) is 47.4 Å². The zero-order valence-electron chi connectivity index (χ0n) is 11.8. The number of anilines is 2. The van der Waals surface area contributed by atoms with Crippen molar-refractivity contribution in [3.05, 3.63) is 48.5 Å². The summed E-state index contributed by atoms with van der Waals surface area (Å²) < 4.78 is 5.45. The highest BCUT2D eigenvalue weighted by Gasteiger charge is 2.15. The number of nitrogens with two attached hydrogens (primary N) is 1. The van der Waals surface area contributed by atoms with Crippen LogP contribution < -0.4 is 15.4 Å². The van der Waals surface area contributed by atoms with Crippen LogP contribution in [0.5, 0.6) is 11.5 Å². The number of para-hydroxylation sites is 2. The molecule has 21 heavy (non-hydrogen) atoms. The largest absolute Gasteiger partial charge is 0.508 e. The Balaban J connectivity index is 2.06. The fraction of sp³-hybridized carbons (Fsp3) is 0.188. The maximum absolute atomic E-state index is 12.2. The minimum atomic E-state index is -0.202. The minimum absolute atomic E-state index is 0.113. The Kier molecular flexibility index (Phi) is 4.66. The lowest BCUT2D eigenvalue weighted by Crippen LogP contribution is -2.34. The Bertz CT molecular complexity index is 628. The molecule has 110 valence electrons. The van der Waals surface area contributed by atoms with Crippen LogP contribution in [0.4, 0.5) is 11.4 Å². The summed E-state index contributed by atoms with van der Waals surface area (Å²) >= 11 is 0. The van der Waals surface area contributed by atoms with Crippen molar-refractivity contribution in [3.63, 3.8) is 0 Å². The molecule has 3 N–H and O–H groups in total. The number of carbonyl (C=O) groups is 1. The molecule has 0 saturated carbocycles. The molecule has 0 aliphatic heterocycles. The van der Waals surface area contributed by atoms with Gasteiger partial charge in [-0.1, -0.05) is 18.2 Å². The Labute approximate surface area is 123 Å². The van der Waals surface area contributed by atoms with Gasteiger partial charge in [0.15, 0.2) is 6.61 Å². The molecule has 1 amide bonds. The molecule has 0 heterocycles. The fourth-order valence-electron chi connectivity index (χ4n) is 1.99. The number of carbonyl (C=O) groups excluding carboxylic acids is 1. The van der Waals surface area contributed by atoms with E-state index in [-0.39, 0.29) is 18.3 Å². The van der Waals surface area contributed by atoms with Crippen molar-refractivity contribution in [3.8, 4) is 11.5 Å². The number of likely N-dealkylation sites (N-methyl/N-ethyl adjacent to an activating group) is 1. The molecular weight excluding hydrogens is 268 g/mol. The van der Waals surface area contributed by atoms with Gasteiger partial charge in [-0.15, -0.1) is 0 Å². The lowest BCUT2D eigenvalue weighted by molar-refractivity contribution is -0.120. The van der Waals surface area contributed by atoms with Crippen molar-refractivity contribution in [1.29, 1.82) is 0 Å². The zero-order chi connectivity index (χ0) is 15.2. The number of ether oxygens (including phenoxy) is 1. The molecule has 0 aromatic heterocycles. The van der Waals surface area contributed by atoms with Crippen LogP contribution in [0.15, 0.2) is 48.5 Å². The third-order valence-electron chi connectivity index (χ3n) is 3.03. The number of nitrogens with zero attached hydrogens (tertiary/aromatic N) is 1. The van der Waals surface area contributed by atoms with Gasteiger partial charge in [-0.2, -0.15) is 0 Å². The van der Waals surface area contributed by atoms with Gasteiger partial charge in [0.2, 0.25) is 0 Å². The van der Waals surface area contributed by atoms with Crippen LogP contribution in [0, 0.1) is 0 Å². The molecule has 2 aromatic rings. The van der Waals surface area contributed by atoms with Crippen molar-refractivity contribution in [2.75, 3.05) is 23.8 Å². The van der Waals surface area contributed by atoms with E-state index in [4.69, 9.17) is 10.5 Å². The van der Waals surface area contributed by atoms with E-state index < -0.39 is 0 Å². The fourth-order valence-corrected chi connectivity index (χ4v) is 1.99. The summed E-state index contributed by atoms with van der Waals surface area (Å²) in [7, 11) is 0. The Morgan fingerprint density at radius 3 is 2.67 bits per heavy atom. The normalized spacial score (nSPS) is 10.1. The van der Waals surface area contributed by atoms with Gasteiger partial charge < -0.3 is 20.5 Å². The molecule has 0 aliphatic carbocycles. The molecule has 0 unspecified atom stereocenters. The smallest absolute Gasteiger partial charge is 0.264 e. The summed E-state index contributed by atoms with van der Waals surface area (Å²) in [6.45, 7) is 2.23. The van der Waals surface area contributed by atoms with Crippen molar-refractivity contribution in [1.82, 2.24) is 0 Å². The van der Waals surface area contributed by atoms with Crippen LogP contribution in [0.25, 0.3) is 0 Å². The second-order valence-electron chi connectivity index (χ2n) is 4.48. The third-order valence-corrected chi connectivity index (χ3v) is 3.03. The van der Waals surface area contributed by atoms with Gasteiger partial charge in [0.05, 0.1) is 5.69 Å². The zero-order valence-corrected chi connectivity index (χ0v) is 11.8. The Morgan fingerprint density at radius 2 is 2.00 bits per heavy atom. The van der Waals surface area contributed by atoms with Gasteiger partial charge in [0.25, 0.3) is 5.91 Å². The highest BCUT2D eigenvalue weighted by Crippen LogP contribution is 2.22. The van der Waals surface area contributed by atoms with E-state index in [1.807, 2.05) is 6.92 Å². The topological polar surface area (TPSA) is 75.8 Å². The van der Waals surface area contributed by atoms with E-state index in [2.05, 4.69) is 0 Å². The average molecular weight is 286 g/mol. The molecule has 0 fully saturated rings. The Hall–Kier alpha value is -2.69. The number of nitrogen functional groups attached to an aromatic ring is 1. The molecule has 0 atom stereocenters. The van der Waals surface area contributed by atoms with Gasteiger partial charge in [-0.05, 0) is 31.2 Å². The van der Waals surface area contributed by atoms with Crippen molar-refractivity contribution in [2.45, 2.75) is 6.92 Å². The molecule has 0 bridgehead atoms. The van der Waals surface area contributed by atoms with Crippen molar-refractivity contribution < 1.29 is 14.6 Å². The predicted molar refractivity (Wildman–Crippen MR) is 82.5 cm³/mol. The maximum Gasteiger partial charge on any atom is 0.264 e. The number of amides is 1. The molecule has 0 aliphatic rings. The number of hydrogen-bond acceptors (Lipinski definition) is 4. The first kappa shape index (κ1) is 14.7. The Morgan fingerprint density at radius 1 is 1.24 bits per heavy atom. The lowest BCUT2D eigenvalue weighted by atomic mass is 10.2. The number of rotatable bonds is 5. The summed E-state index contributed by atoms with van der Waals surface area (Å²) in [5, 5.41) is 9.50. The van der Waals surface area contributed by atoms with Crippen LogP contribution in [-0.4, -0.2) is 24.2 Å². The summed E-state index contributed by atoms with van der Waals surface area (Å²) in [6, 6.07) is 13.6. The van der Waals surface area contributed by atoms with Crippen LogP contribution in [-0.2, 0) is 4.79 Å². The van der Waals surface area contributed by atoms with E-state index >= 15 is 0 Å². The first-order chi connectivity index (χ1) is 10.1. The molecule has 0 radical (unpaired) electrons. The van der Waals surface area contributed by atoms with Crippen molar-refractivity contribution in [2.24, 2.45) is 0 Å². The number of benzene rings is 2. The maximum atomic E-state index is 12.2. The van der Waals surface area contributed by atoms with E-state index in [0.29, 0.717) is 23.7 Å². The predicted octanol–water partition coefficient (Wildman–Crippen LogP) is 2.41. The van der Waals surface area contributed by atoms with Gasteiger partial charge in [-0.25, -0.2) is 0 Å². The average Bonchev–Trinajstić information content (AvgIpc) is 2.47. The first-order valence-corrected chi connectivity index (χ1v) is 6.68. The quantitative estimate of drug-likeness (QED) is 0.828. The standard InChI is InChI=1S/C16H18N2O3/c1-2-18(12-6-5-7-13(19)10-12)16(20)11-21-15-9-4-3-8-14(15)17/h3-10,19H,2,11,17H2,1H3. The molecule has 2 rings (SSSR count). The summed E-state index contributed by atoms with van der Waals surface area (Å²) in [4.78, 5) is 13.8. The summed E-state index contributed by atoms with van der Waals surface area (Å²) in [5.74, 6) is 0.399. The number of hydrogen-bond donors (Lipinski definition) is 2. The first-order valence-electron chi connectivity index (χ1n) is 6.68. The van der Waals surface area contributed by atoms with Gasteiger partial charge in [0, 0.05) is 18.3 Å². The van der Waals surface area contributed by atoms with Gasteiger partial charge in [0.1, 0.15) is 11.5 Å². The molecule has 0 saturated heterocycles. The SMILES string of the molecule is CCN(C(=O)COc1ccccc1N)c1cccc(O)c1. The molecule has 0 spiro atoms. The highest BCUT2D eigenvalue weighted by atomic mass is 16.5. The third kappa shape index (κ3) is 3.66. The molecule has 5 heteroatoms. The van der Waals surface area contributed by atoms with E-state index in [0.717, 1.165) is 0 Å². The monoisotopic (exact) mass is 286 g/mol. The summed E-state index contributed by atoms with van der Waals surface area (Å²) in [5.41, 5.74) is 6.89. The number of phenolic OH excluding ortho intramolecular Hbond substituents is 1. The van der Waals surface area contributed by atoms with Crippen molar-refractivity contribution >= 4 is 17.3 Å². The molecule has 5 nitrogen and oxygen atoms in total. The minimum Gasteiger partial charge on any atom is -0.508 e.